The molecule has 1 amide bonds. The number of hydrogen-bond donors (Lipinski definition) is 2. The Kier molecular flexibility index (Phi) is 10.7. The lowest BCUT2D eigenvalue weighted by atomic mass is 10.1. The van der Waals surface area contributed by atoms with Crippen molar-refractivity contribution in [3.63, 3.8) is 0 Å². The van der Waals surface area contributed by atoms with Gasteiger partial charge in [-0.2, -0.15) is 13.2 Å². The van der Waals surface area contributed by atoms with Crippen molar-refractivity contribution in [2.75, 3.05) is 74.6 Å². The SMILES string of the molecule is C=C1N=C(N2CCOCC2)N=CC1=NC=NC(C)Nc1cc(C(=O)Nc2cc(N3CCN(CC)CC3)cc(C(F)(F)F)c2)ccc1C. The third kappa shape index (κ3) is 8.83. The minimum Gasteiger partial charge on any atom is -0.378 e. The number of benzene rings is 2. The number of anilines is 3. The molecule has 1 unspecified atom stereocenters. The van der Waals surface area contributed by atoms with Crippen molar-refractivity contribution in [3.8, 4) is 0 Å². The second-order valence-corrected chi connectivity index (χ2v) is 11.5. The molecule has 250 valence electrons. The number of alkyl halides is 3. The van der Waals surface area contributed by atoms with Crippen LogP contribution in [0.1, 0.15) is 35.3 Å². The maximum absolute atomic E-state index is 13.8. The van der Waals surface area contributed by atoms with Gasteiger partial charge < -0.3 is 30.1 Å². The summed E-state index contributed by atoms with van der Waals surface area (Å²) < 4.78 is 46.8. The summed E-state index contributed by atoms with van der Waals surface area (Å²) in [4.78, 5) is 37.1. The van der Waals surface area contributed by atoms with Gasteiger partial charge in [0.15, 0.2) is 0 Å². The second kappa shape index (κ2) is 14.9. The van der Waals surface area contributed by atoms with Gasteiger partial charge in [0.2, 0.25) is 5.96 Å². The van der Waals surface area contributed by atoms with Gasteiger partial charge in [-0.25, -0.2) is 20.0 Å². The molecule has 0 radical (unpaired) electrons. The van der Waals surface area contributed by atoms with Crippen molar-refractivity contribution in [2.45, 2.75) is 33.1 Å². The van der Waals surface area contributed by atoms with Crippen LogP contribution in [-0.4, -0.2) is 105 Å². The van der Waals surface area contributed by atoms with Crippen LogP contribution in [0.5, 0.6) is 0 Å². The second-order valence-electron chi connectivity index (χ2n) is 11.5. The molecule has 3 aliphatic rings. The molecule has 1 atom stereocenters. The summed E-state index contributed by atoms with van der Waals surface area (Å²) in [5.74, 6) is 0.0614. The fraction of sp³-hybridized carbons (Fsp3) is 0.424. The first-order valence-electron chi connectivity index (χ1n) is 15.6. The number of nitrogens with zero attached hydrogens (tertiary/aromatic N) is 7. The van der Waals surface area contributed by atoms with Gasteiger partial charge in [-0.15, -0.1) is 0 Å². The summed E-state index contributed by atoms with van der Waals surface area (Å²) >= 11 is 0. The number of morpholine rings is 1. The van der Waals surface area contributed by atoms with Crippen molar-refractivity contribution in [1.29, 1.82) is 0 Å². The molecule has 2 aromatic carbocycles. The van der Waals surface area contributed by atoms with E-state index in [2.05, 4.69) is 49.0 Å². The number of ether oxygens (including phenoxy) is 1. The number of piperazine rings is 1. The molecule has 47 heavy (non-hydrogen) atoms. The first-order chi connectivity index (χ1) is 22.5. The number of carbonyl (C=O) groups excluding carboxylic acids is 1. The number of rotatable bonds is 8. The molecular formula is C33H40F3N9O2. The highest BCUT2D eigenvalue weighted by Crippen LogP contribution is 2.35. The molecule has 2 aromatic rings. The van der Waals surface area contributed by atoms with Gasteiger partial charge in [-0.3, -0.25) is 4.79 Å². The highest BCUT2D eigenvalue weighted by Gasteiger charge is 2.32. The quantitative estimate of drug-likeness (QED) is 0.310. The number of guanidine groups is 1. The molecule has 11 nitrogen and oxygen atoms in total. The summed E-state index contributed by atoms with van der Waals surface area (Å²) in [6.45, 7) is 16.1. The Morgan fingerprint density at radius 3 is 2.51 bits per heavy atom. The Morgan fingerprint density at radius 1 is 1.09 bits per heavy atom. The average Bonchev–Trinajstić information content (AvgIpc) is 3.06. The topological polar surface area (TPSA) is 110 Å². The van der Waals surface area contributed by atoms with Gasteiger partial charge in [0.1, 0.15) is 18.2 Å². The average molecular weight is 652 g/mol. The molecule has 2 N–H and O–H groups in total. The van der Waals surface area contributed by atoms with E-state index in [0.717, 1.165) is 37.3 Å². The number of halogens is 3. The van der Waals surface area contributed by atoms with Crippen molar-refractivity contribution in [3.05, 3.63) is 65.4 Å². The number of hydrogen-bond acceptors (Lipinski definition) is 9. The normalized spacial score (nSPS) is 19.3. The molecule has 3 aliphatic heterocycles. The van der Waals surface area contributed by atoms with E-state index in [-0.39, 0.29) is 11.3 Å². The van der Waals surface area contributed by atoms with Gasteiger partial charge in [0.05, 0.1) is 30.7 Å². The van der Waals surface area contributed by atoms with Crippen molar-refractivity contribution < 1.29 is 22.7 Å². The third-order valence-electron chi connectivity index (χ3n) is 8.17. The van der Waals surface area contributed by atoms with Crippen LogP contribution in [0, 0.1) is 6.92 Å². The Hall–Kier alpha value is -4.56. The van der Waals surface area contributed by atoms with Crippen LogP contribution in [0.25, 0.3) is 0 Å². The van der Waals surface area contributed by atoms with Crippen LogP contribution in [0.15, 0.2) is 68.6 Å². The highest BCUT2D eigenvalue weighted by molar-refractivity contribution is 6.41. The van der Waals surface area contributed by atoms with Crippen molar-refractivity contribution in [2.24, 2.45) is 20.0 Å². The number of nitrogens with one attached hydrogen (secondary N) is 2. The van der Waals surface area contributed by atoms with Crippen LogP contribution in [0.2, 0.25) is 0 Å². The van der Waals surface area contributed by atoms with Crippen molar-refractivity contribution >= 4 is 47.2 Å². The lowest BCUT2D eigenvalue weighted by molar-refractivity contribution is -0.137. The van der Waals surface area contributed by atoms with Crippen LogP contribution in [0.4, 0.5) is 30.2 Å². The number of carbonyl (C=O) groups is 1. The number of allylic oxidation sites excluding steroid dienone is 1. The van der Waals surface area contributed by atoms with E-state index in [1.54, 1.807) is 30.5 Å². The van der Waals surface area contributed by atoms with Crippen LogP contribution in [-0.2, 0) is 10.9 Å². The molecule has 5 rings (SSSR count). The number of amides is 1. The first kappa shape index (κ1) is 33.8. The predicted octanol–water partition coefficient (Wildman–Crippen LogP) is 4.92. The molecule has 0 spiro atoms. The maximum Gasteiger partial charge on any atom is 0.416 e. The van der Waals surface area contributed by atoms with E-state index < -0.39 is 23.8 Å². The van der Waals surface area contributed by atoms with Gasteiger partial charge in [-0.05, 0) is 56.3 Å². The fourth-order valence-electron chi connectivity index (χ4n) is 5.36. The van der Waals surface area contributed by atoms with E-state index in [9.17, 15) is 18.0 Å². The Morgan fingerprint density at radius 2 is 1.83 bits per heavy atom. The molecule has 2 fully saturated rings. The summed E-state index contributed by atoms with van der Waals surface area (Å²) in [5.41, 5.74) is 2.48. The van der Waals surface area contributed by atoms with E-state index in [1.807, 2.05) is 23.6 Å². The number of aliphatic imine (C=N–C) groups is 4. The minimum absolute atomic E-state index is 0.0825. The molecular weight excluding hydrogens is 611 g/mol. The molecule has 0 aliphatic carbocycles. The zero-order valence-electron chi connectivity index (χ0n) is 26.8. The summed E-state index contributed by atoms with van der Waals surface area (Å²) in [6.07, 6.45) is -1.97. The van der Waals surface area contributed by atoms with E-state index in [1.165, 1.54) is 6.34 Å². The maximum atomic E-state index is 13.8. The monoisotopic (exact) mass is 651 g/mol. The summed E-state index contributed by atoms with van der Waals surface area (Å²) in [7, 11) is 0. The van der Waals surface area contributed by atoms with Gasteiger partial charge in [0.25, 0.3) is 5.91 Å². The van der Waals surface area contributed by atoms with Crippen LogP contribution in [0.3, 0.4) is 0 Å². The van der Waals surface area contributed by atoms with Gasteiger partial charge in [0, 0.05) is 61.9 Å². The predicted molar refractivity (Wildman–Crippen MR) is 181 cm³/mol. The summed E-state index contributed by atoms with van der Waals surface area (Å²) in [5, 5.41) is 5.93. The highest BCUT2D eigenvalue weighted by atomic mass is 19.4. The van der Waals surface area contributed by atoms with Crippen LogP contribution >= 0.6 is 0 Å². The minimum atomic E-state index is -4.56. The summed E-state index contributed by atoms with van der Waals surface area (Å²) in [6, 6.07) is 8.76. The molecule has 0 saturated carbocycles. The lowest BCUT2D eigenvalue weighted by Crippen LogP contribution is -2.46. The third-order valence-corrected chi connectivity index (χ3v) is 8.17. The smallest absolute Gasteiger partial charge is 0.378 e. The number of aryl methyl sites for hydroxylation is 1. The molecule has 3 heterocycles. The molecule has 14 heteroatoms. The Bertz CT molecular complexity index is 1590. The molecule has 0 aromatic heterocycles. The zero-order valence-corrected chi connectivity index (χ0v) is 26.8. The zero-order chi connectivity index (χ0) is 33.6. The van der Waals surface area contributed by atoms with E-state index in [0.29, 0.717) is 68.1 Å². The van der Waals surface area contributed by atoms with Crippen LogP contribution < -0.4 is 15.5 Å². The Balaban J connectivity index is 1.23. The fourth-order valence-corrected chi connectivity index (χ4v) is 5.36. The van der Waals surface area contributed by atoms with E-state index in [4.69, 9.17) is 4.74 Å². The van der Waals surface area contributed by atoms with Gasteiger partial charge >= 0.3 is 6.18 Å². The Labute approximate surface area is 272 Å². The first-order valence-corrected chi connectivity index (χ1v) is 15.6. The number of likely N-dealkylation sites (N-methyl/N-ethyl adjacent to an activating group) is 1. The molecule has 0 bridgehead atoms. The largest absolute Gasteiger partial charge is 0.416 e. The van der Waals surface area contributed by atoms with E-state index >= 15 is 0 Å². The molecule has 2 saturated heterocycles. The standard InChI is InChI=1S/C33H40F3N9O2/c1-5-43-8-10-44(11-9-43)28-18-26(33(34,35)36)17-27(19-28)42-31(46)25-7-6-22(2)29(16-25)41-24(4)38-21-39-30-20-37-32(40-23(30)3)45-12-14-47-15-13-45/h6-7,16-21,24,41H,3,5,8-15H2,1-2,4H3,(H,42,46). The van der Waals surface area contributed by atoms with Crippen molar-refractivity contribution in [1.82, 2.24) is 9.80 Å². The lowest BCUT2D eigenvalue weighted by Gasteiger charge is -2.36. The van der Waals surface area contributed by atoms with Gasteiger partial charge in [-0.1, -0.05) is 19.6 Å².